The third-order valence-electron chi connectivity index (χ3n) is 7.56. The molecule has 1 atom stereocenters. The molecule has 0 aliphatic carbocycles. The van der Waals surface area contributed by atoms with Gasteiger partial charge in [-0.15, -0.1) is 0 Å². The maximum atomic E-state index is 13.6. The Balaban J connectivity index is 1.85. The molecule has 1 amide bonds. The van der Waals surface area contributed by atoms with Crippen molar-refractivity contribution in [3.8, 4) is 11.5 Å². The van der Waals surface area contributed by atoms with E-state index < -0.39 is 17.7 Å². The summed E-state index contributed by atoms with van der Waals surface area (Å²) >= 11 is 0. The van der Waals surface area contributed by atoms with Crippen LogP contribution in [0.1, 0.15) is 64.0 Å². The van der Waals surface area contributed by atoms with Gasteiger partial charge in [-0.05, 0) is 69.1 Å². The molecule has 1 fully saturated rings. The Morgan fingerprint density at radius 2 is 1.83 bits per heavy atom. The van der Waals surface area contributed by atoms with Gasteiger partial charge in [0.15, 0.2) is 17.3 Å². The second kappa shape index (κ2) is 13.2. The van der Waals surface area contributed by atoms with Crippen LogP contribution in [0.25, 0.3) is 11.4 Å². The fourth-order valence-electron chi connectivity index (χ4n) is 5.26. The van der Waals surface area contributed by atoms with E-state index in [2.05, 4.69) is 37.6 Å². The predicted molar refractivity (Wildman–Crippen MR) is 159 cm³/mol. The van der Waals surface area contributed by atoms with E-state index in [0.717, 1.165) is 19.5 Å². The van der Waals surface area contributed by atoms with E-state index in [1.54, 1.807) is 22.4 Å². The zero-order valence-corrected chi connectivity index (χ0v) is 25.0. The molecule has 0 radical (unpaired) electrons. The number of ketones is 1. The van der Waals surface area contributed by atoms with E-state index in [-0.39, 0.29) is 11.3 Å². The van der Waals surface area contributed by atoms with E-state index in [4.69, 9.17) is 9.47 Å². The quantitative estimate of drug-likeness (QED) is 0.173. The summed E-state index contributed by atoms with van der Waals surface area (Å²) in [5.74, 6) is 0.0459. The Morgan fingerprint density at radius 1 is 1.07 bits per heavy atom. The van der Waals surface area contributed by atoms with Crippen molar-refractivity contribution in [1.29, 1.82) is 0 Å². The minimum absolute atomic E-state index is 0.0409. The molecule has 0 spiro atoms. The van der Waals surface area contributed by atoms with E-state index in [1.807, 2.05) is 43.3 Å². The number of carbonyl (C=O) groups excluding carboxylic acids is 2. The van der Waals surface area contributed by atoms with Crippen molar-refractivity contribution in [1.82, 2.24) is 19.2 Å². The Labute approximate surface area is 242 Å². The number of imidazole rings is 1. The third kappa shape index (κ3) is 6.25. The predicted octanol–water partition coefficient (Wildman–Crippen LogP) is 5.23. The van der Waals surface area contributed by atoms with E-state index >= 15 is 0 Å². The molecule has 9 nitrogen and oxygen atoms in total. The number of nitrogens with zero attached hydrogens (tertiary/aromatic N) is 4. The lowest BCUT2D eigenvalue weighted by Crippen LogP contribution is -2.38. The SMILES string of the molecule is CCOc1cc(C2C(=C(O)c3c(C)nc4ccccn34)C(=O)C(=O)N2CCN(CC)CC)ccc1OCCC(C)C. The lowest BCUT2D eigenvalue weighted by molar-refractivity contribution is -0.140. The van der Waals surface area contributed by atoms with Gasteiger partial charge in [0.05, 0.1) is 30.5 Å². The van der Waals surface area contributed by atoms with Crippen LogP contribution in [0, 0.1) is 12.8 Å². The van der Waals surface area contributed by atoms with Crippen LogP contribution in [0.5, 0.6) is 11.5 Å². The molecule has 9 heteroatoms. The molecule has 1 aliphatic heterocycles. The summed E-state index contributed by atoms with van der Waals surface area (Å²) in [5, 5.41) is 11.7. The first kappa shape index (κ1) is 30.1. The summed E-state index contributed by atoms with van der Waals surface area (Å²) in [6.45, 7) is 15.6. The number of hydrogen-bond acceptors (Lipinski definition) is 7. The van der Waals surface area contributed by atoms with Crippen molar-refractivity contribution >= 4 is 23.1 Å². The normalized spacial score (nSPS) is 16.9. The minimum atomic E-state index is -0.803. The van der Waals surface area contributed by atoms with Crippen molar-refractivity contribution in [2.45, 2.75) is 54.0 Å². The number of carbonyl (C=O) groups is 2. The maximum Gasteiger partial charge on any atom is 0.295 e. The zero-order chi connectivity index (χ0) is 29.7. The standard InChI is InChI=1S/C32H42N4O5/c1-7-34(8-2)17-18-36-29(23-13-14-24(25(20-23)40-9-3)41-19-15-21(4)5)27(31(38)32(36)39)30(37)28-22(6)33-26-12-10-11-16-35(26)28/h10-14,16,20-21,29,37H,7-9,15,17-19H2,1-6H3. The lowest BCUT2D eigenvalue weighted by atomic mass is 9.96. The number of benzene rings is 1. The van der Waals surface area contributed by atoms with Crippen molar-refractivity contribution in [2.75, 3.05) is 39.4 Å². The lowest BCUT2D eigenvalue weighted by Gasteiger charge is -2.28. The molecule has 1 aliphatic rings. The first-order valence-electron chi connectivity index (χ1n) is 14.6. The molecular weight excluding hydrogens is 520 g/mol. The number of aliphatic hydroxyl groups excluding tert-OH is 1. The molecule has 1 unspecified atom stereocenters. The van der Waals surface area contributed by atoms with Gasteiger partial charge >= 0.3 is 0 Å². The molecule has 1 aromatic carbocycles. The fraction of sp³-hybridized carbons (Fsp3) is 0.469. The number of likely N-dealkylation sites (N-methyl/N-ethyl adjacent to an activating group) is 1. The summed E-state index contributed by atoms with van der Waals surface area (Å²) in [6.07, 6.45) is 2.68. The number of likely N-dealkylation sites (tertiary alicyclic amines) is 1. The van der Waals surface area contributed by atoms with Crippen LogP contribution in [-0.2, 0) is 9.59 Å². The Kier molecular flexibility index (Phi) is 9.70. The summed E-state index contributed by atoms with van der Waals surface area (Å²) in [7, 11) is 0. The van der Waals surface area contributed by atoms with E-state index in [1.165, 1.54) is 0 Å². The number of amides is 1. The molecule has 1 saturated heterocycles. The highest BCUT2D eigenvalue weighted by atomic mass is 16.5. The number of aryl methyl sites for hydroxylation is 1. The summed E-state index contributed by atoms with van der Waals surface area (Å²) < 4.78 is 13.7. The number of fused-ring (bicyclic) bond motifs is 1. The van der Waals surface area contributed by atoms with Crippen LogP contribution >= 0.6 is 0 Å². The van der Waals surface area contributed by atoms with Gasteiger partial charge in [-0.1, -0.05) is 39.8 Å². The number of rotatable bonds is 13. The van der Waals surface area contributed by atoms with Crippen LogP contribution in [0.4, 0.5) is 0 Å². The highest BCUT2D eigenvalue weighted by Crippen LogP contribution is 2.42. The van der Waals surface area contributed by atoms with Gasteiger partial charge in [0, 0.05) is 19.3 Å². The van der Waals surface area contributed by atoms with Gasteiger partial charge in [-0.3, -0.25) is 14.0 Å². The molecule has 41 heavy (non-hydrogen) atoms. The monoisotopic (exact) mass is 562 g/mol. The molecule has 3 aromatic rings. The highest BCUT2D eigenvalue weighted by Gasteiger charge is 2.46. The second-order valence-electron chi connectivity index (χ2n) is 10.7. The van der Waals surface area contributed by atoms with Crippen LogP contribution in [0.3, 0.4) is 0 Å². The molecule has 220 valence electrons. The Morgan fingerprint density at radius 3 is 2.51 bits per heavy atom. The molecule has 4 rings (SSSR count). The van der Waals surface area contributed by atoms with Crippen LogP contribution < -0.4 is 9.47 Å². The van der Waals surface area contributed by atoms with Crippen molar-refractivity contribution in [3.63, 3.8) is 0 Å². The topological polar surface area (TPSA) is 96.6 Å². The van der Waals surface area contributed by atoms with Crippen molar-refractivity contribution in [2.24, 2.45) is 5.92 Å². The second-order valence-corrected chi connectivity index (χ2v) is 10.7. The number of hydrogen-bond donors (Lipinski definition) is 1. The number of aromatic nitrogens is 2. The fourth-order valence-corrected chi connectivity index (χ4v) is 5.26. The van der Waals surface area contributed by atoms with Crippen LogP contribution in [0.15, 0.2) is 48.2 Å². The van der Waals surface area contributed by atoms with Gasteiger partial charge in [0.2, 0.25) is 0 Å². The zero-order valence-electron chi connectivity index (χ0n) is 25.0. The average molecular weight is 563 g/mol. The van der Waals surface area contributed by atoms with Gasteiger partial charge in [-0.2, -0.15) is 0 Å². The average Bonchev–Trinajstić information content (AvgIpc) is 3.42. The van der Waals surface area contributed by atoms with Crippen molar-refractivity contribution in [3.05, 3.63) is 65.1 Å². The van der Waals surface area contributed by atoms with Gasteiger partial charge in [0.1, 0.15) is 11.3 Å². The number of aliphatic hydroxyl groups is 1. The number of ether oxygens (including phenoxy) is 2. The number of pyridine rings is 1. The molecule has 0 saturated carbocycles. The molecule has 1 N–H and O–H groups in total. The Bertz CT molecular complexity index is 1420. The first-order chi connectivity index (χ1) is 19.7. The molecule has 0 bridgehead atoms. The summed E-state index contributed by atoms with van der Waals surface area (Å²) in [6, 6.07) is 10.2. The van der Waals surface area contributed by atoms with Crippen LogP contribution in [0.2, 0.25) is 0 Å². The largest absolute Gasteiger partial charge is 0.505 e. The van der Waals surface area contributed by atoms with Gasteiger partial charge < -0.3 is 24.4 Å². The van der Waals surface area contributed by atoms with E-state index in [9.17, 15) is 14.7 Å². The number of Topliss-reactive ketones (excluding diaryl/α,β-unsaturated/α-hetero) is 1. The van der Waals surface area contributed by atoms with Crippen molar-refractivity contribution < 1.29 is 24.2 Å². The third-order valence-corrected chi connectivity index (χ3v) is 7.56. The molecular formula is C32H42N4O5. The van der Waals surface area contributed by atoms with Gasteiger partial charge in [-0.25, -0.2) is 4.98 Å². The van der Waals surface area contributed by atoms with E-state index in [0.29, 0.717) is 66.3 Å². The summed E-state index contributed by atoms with van der Waals surface area (Å²) in [4.78, 5) is 35.5. The van der Waals surface area contributed by atoms with Crippen LogP contribution in [-0.4, -0.2) is 75.4 Å². The molecule has 3 heterocycles. The maximum absolute atomic E-state index is 13.6. The highest BCUT2D eigenvalue weighted by molar-refractivity contribution is 6.46. The van der Waals surface area contributed by atoms with Gasteiger partial charge in [0.25, 0.3) is 11.7 Å². The Hall–Kier alpha value is -3.85. The smallest absolute Gasteiger partial charge is 0.295 e. The molecule has 2 aromatic heterocycles. The summed E-state index contributed by atoms with van der Waals surface area (Å²) in [5.41, 5.74) is 2.30. The minimum Gasteiger partial charge on any atom is -0.505 e. The first-order valence-corrected chi connectivity index (χ1v) is 14.6.